The number of nitriles is 1. The molecule has 2 N–H and O–H groups in total. The maximum atomic E-state index is 14.8. The number of halogens is 3. The van der Waals surface area contributed by atoms with Gasteiger partial charge in [0, 0.05) is 29.7 Å². The lowest BCUT2D eigenvalue weighted by Gasteiger charge is -2.33. The van der Waals surface area contributed by atoms with Crippen LogP contribution >= 0.6 is 0 Å². The fraction of sp³-hybridized carbons (Fsp3) is 0.409. The zero-order chi connectivity index (χ0) is 21.8. The Morgan fingerprint density at radius 1 is 1.32 bits per heavy atom. The van der Waals surface area contributed by atoms with Crippen LogP contribution in [0.4, 0.5) is 13.2 Å². The third kappa shape index (κ3) is 3.17. The van der Waals surface area contributed by atoms with Crippen molar-refractivity contribution in [3.05, 3.63) is 58.7 Å². The van der Waals surface area contributed by atoms with Gasteiger partial charge in [0.2, 0.25) is 0 Å². The third-order valence-corrected chi connectivity index (χ3v) is 6.26. The number of nitrogens with two attached hydrogens (primary N) is 1. The number of hydrogen-bond donors (Lipinski definition) is 1. The summed E-state index contributed by atoms with van der Waals surface area (Å²) >= 11 is 0. The van der Waals surface area contributed by atoms with E-state index in [9.17, 15) is 13.2 Å². The molecule has 0 saturated heterocycles. The number of rotatable bonds is 4. The van der Waals surface area contributed by atoms with Crippen LogP contribution in [0.1, 0.15) is 41.1 Å². The average molecular weight is 428 g/mol. The quantitative estimate of drug-likeness (QED) is 0.806. The molecule has 160 valence electrons. The van der Waals surface area contributed by atoms with Gasteiger partial charge in [0.25, 0.3) is 12.4 Å². The number of nitrogens with zero attached hydrogens (tertiary/aromatic N) is 3. The third-order valence-electron chi connectivity index (χ3n) is 6.26. The number of alkyl halides is 2. The summed E-state index contributed by atoms with van der Waals surface area (Å²) in [6.07, 6.45) is -0.417. The molecular formula is C22H19F3N4O2. The summed E-state index contributed by atoms with van der Waals surface area (Å²) < 4.78 is 54.4. The van der Waals surface area contributed by atoms with Crippen LogP contribution < -0.4 is 10.5 Å². The Labute approximate surface area is 176 Å². The van der Waals surface area contributed by atoms with E-state index in [1.165, 1.54) is 18.3 Å². The van der Waals surface area contributed by atoms with Crippen molar-refractivity contribution >= 4 is 6.02 Å². The number of ether oxygens (including phenoxy) is 2. The second kappa shape index (κ2) is 7.15. The average Bonchev–Trinajstić information content (AvgIpc) is 3.53. The zero-order valence-corrected chi connectivity index (χ0v) is 16.4. The molecule has 0 radical (unpaired) electrons. The molecule has 3 aliphatic rings. The van der Waals surface area contributed by atoms with Crippen molar-refractivity contribution in [2.75, 3.05) is 6.61 Å². The van der Waals surface area contributed by atoms with Gasteiger partial charge in [-0.1, -0.05) is 12.1 Å². The second-order valence-corrected chi connectivity index (χ2v) is 8.15. The first-order valence-electron chi connectivity index (χ1n) is 10.0. The summed E-state index contributed by atoms with van der Waals surface area (Å²) in [5, 5.41) is 9.06. The largest absolute Gasteiger partial charge is 0.492 e. The minimum atomic E-state index is -2.93. The number of benzene rings is 1. The van der Waals surface area contributed by atoms with E-state index in [0.29, 0.717) is 48.4 Å². The van der Waals surface area contributed by atoms with Crippen LogP contribution in [0.15, 0.2) is 35.5 Å². The van der Waals surface area contributed by atoms with Gasteiger partial charge in [0.05, 0.1) is 17.9 Å². The molecule has 0 unspecified atom stereocenters. The molecule has 1 saturated carbocycles. The molecule has 3 heterocycles. The maximum absolute atomic E-state index is 14.8. The summed E-state index contributed by atoms with van der Waals surface area (Å²) in [5.74, 6) is -0.852. The van der Waals surface area contributed by atoms with Crippen LogP contribution in [0.5, 0.6) is 5.75 Å². The Bertz CT molecular complexity index is 1120. The van der Waals surface area contributed by atoms with E-state index in [0.717, 1.165) is 0 Å². The van der Waals surface area contributed by atoms with Gasteiger partial charge in [0.15, 0.2) is 5.54 Å². The minimum absolute atomic E-state index is 0.0470. The predicted octanol–water partition coefficient (Wildman–Crippen LogP) is 3.39. The monoisotopic (exact) mass is 428 g/mol. The Kier molecular flexibility index (Phi) is 4.54. The second-order valence-electron chi connectivity index (χ2n) is 8.15. The van der Waals surface area contributed by atoms with E-state index in [-0.39, 0.29) is 17.5 Å². The summed E-state index contributed by atoms with van der Waals surface area (Å²) in [6.45, 7) is 0.450. The predicted molar refractivity (Wildman–Crippen MR) is 104 cm³/mol. The van der Waals surface area contributed by atoms with Crippen molar-refractivity contribution in [1.82, 2.24) is 4.98 Å². The molecule has 6 nitrogen and oxygen atoms in total. The first-order chi connectivity index (χ1) is 14.9. The first-order valence-corrected chi connectivity index (χ1v) is 10.0. The molecule has 1 aromatic heterocycles. The molecule has 2 aliphatic heterocycles. The number of pyridine rings is 1. The first kappa shape index (κ1) is 19.7. The molecule has 1 fully saturated rings. The fourth-order valence-corrected chi connectivity index (χ4v) is 4.68. The van der Waals surface area contributed by atoms with Crippen LogP contribution in [0.3, 0.4) is 0 Å². The zero-order valence-electron chi connectivity index (χ0n) is 16.4. The fourth-order valence-electron chi connectivity index (χ4n) is 4.68. The van der Waals surface area contributed by atoms with Gasteiger partial charge in [-0.2, -0.15) is 5.26 Å². The van der Waals surface area contributed by atoms with Gasteiger partial charge >= 0.3 is 0 Å². The van der Waals surface area contributed by atoms with E-state index < -0.39 is 29.8 Å². The number of hydrogen-bond acceptors (Lipinski definition) is 6. The summed E-state index contributed by atoms with van der Waals surface area (Å²) in [4.78, 5) is 8.30. The van der Waals surface area contributed by atoms with Crippen LogP contribution in [0.2, 0.25) is 0 Å². The molecule has 0 bridgehead atoms. The molecule has 1 aliphatic carbocycles. The van der Waals surface area contributed by atoms with Gasteiger partial charge in [-0.05, 0) is 30.9 Å². The van der Waals surface area contributed by atoms with E-state index in [1.807, 2.05) is 6.07 Å². The maximum Gasteiger partial charge on any atom is 0.283 e. The molecule has 0 amide bonds. The number of amidine groups is 1. The highest BCUT2D eigenvalue weighted by molar-refractivity contribution is 5.74. The Morgan fingerprint density at radius 2 is 2.16 bits per heavy atom. The normalized spacial score (nSPS) is 28.5. The summed E-state index contributed by atoms with van der Waals surface area (Å²) in [7, 11) is 0. The molecule has 2 aromatic rings. The van der Waals surface area contributed by atoms with E-state index in [1.54, 1.807) is 12.1 Å². The molecule has 5 rings (SSSR count). The Morgan fingerprint density at radius 3 is 2.94 bits per heavy atom. The molecule has 4 atom stereocenters. The van der Waals surface area contributed by atoms with Crippen molar-refractivity contribution in [1.29, 1.82) is 5.26 Å². The number of aliphatic imine (C=N–C) groups is 1. The van der Waals surface area contributed by atoms with E-state index in [2.05, 4.69) is 9.98 Å². The molecule has 31 heavy (non-hydrogen) atoms. The van der Waals surface area contributed by atoms with Gasteiger partial charge in [0.1, 0.15) is 23.7 Å². The molecule has 9 heteroatoms. The van der Waals surface area contributed by atoms with Gasteiger partial charge in [-0.25, -0.2) is 18.2 Å². The van der Waals surface area contributed by atoms with Crippen LogP contribution in [-0.2, 0) is 16.7 Å². The lowest BCUT2D eigenvalue weighted by atomic mass is 9.82. The van der Waals surface area contributed by atoms with Crippen LogP contribution in [0.25, 0.3) is 0 Å². The lowest BCUT2D eigenvalue weighted by Crippen LogP contribution is -2.43. The molecule has 1 aromatic carbocycles. The van der Waals surface area contributed by atoms with Gasteiger partial charge in [-0.3, -0.25) is 4.98 Å². The van der Waals surface area contributed by atoms with Crippen molar-refractivity contribution < 1.29 is 22.6 Å². The Balaban J connectivity index is 1.51. The van der Waals surface area contributed by atoms with E-state index in [4.69, 9.17) is 20.5 Å². The molecular weight excluding hydrogens is 409 g/mol. The van der Waals surface area contributed by atoms with Crippen LogP contribution in [0, 0.1) is 23.1 Å². The van der Waals surface area contributed by atoms with Crippen molar-refractivity contribution in [3.63, 3.8) is 0 Å². The number of fused-ring (bicyclic) bond motifs is 2. The standard InChI is InChI=1S/C22H19F3N4O2/c23-16-2-1-11(5-13-3-4-30-18-7-12(9-26)10-28-19(13)18)6-14(16)22(20(24)25)15-8-17(15)31-21(27)29-22/h1-2,6-7,10,13,15,17,20H,3-5,8H2,(H2,27,29)/t13-,15+,17-,22-/m1/s1. The minimum Gasteiger partial charge on any atom is -0.492 e. The smallest absolute Gasteiger partial charge is 0.283 e. The topological polar surface area (TPSA) is 93.5 Å². The van der Waals surface area contributed by atoms with Gasteiger partial charge in [-0.15, -0.1) is 0 Å². The summed E-state index contributed by atoms with van der Waals surface area (Å²) in [6, 6.07) is 7.61. The van der Waals surface area contributed by atoms with E-state index >= 15 is 0 Å². The van der Waals surface area contributed by atoms with Gasteiger partial charge < -0.3 is 15.2 Å². The van der Waals surface area contributed by atoms with Crippen LogP contribution in [-0.4, -0.2) is 30.1 Å². The SMILES string of the molecule is N#Cc1cnc2c(c1)OCC[C@@H]2Cc1ccc(F)c([C@@]2(C(F)F)N=C(N)O[C@@H]3C[C@@H]32)c1. The highest BCUT2D eigenvalue weighted by Gasteiger charge is 2.64. The highest BCUT2D eigenvalue weighted by Crippen LogP contribution is 2.56. The number of aromatic nitrogens is 1. The molecule has 0 spiro atoms. The van der Waals surface area contributed by atoms with Crippen molar-refractivity contribution in [3.8, 4) is 11.8 Å². The highest BCUT2D eigenvalue weighted by atomic mass is 19.3. The summed E-state index contributed by atoms with van der Waals surface area (Å²) in [5.41, 5.74) is 5.24. The van der Waals surface area contributed by atoms with Crippen molar-refractivity contribution in [2.45, 2.75) is 43.2 Å². The lowest BCUT2D eigenvalue weighted by molar-refractivity contribution is 0.0176. The van der Waals surface area contributed by atoms with Crippen molar-refractivity contribution in [2.24, 2.45) is 16.6 Å². The Hall–Kier alpha value is -3.28.